The highest BCUT2D eigenvalue weighted by Crippen LogP contribution is 2.46. The fourth-order valence-corrected chi connectivity index (χ4v) is 2.77. The Bertz CT molecular complexity index is 524. The molecule has 0 heterocycles. The van der Waals surface area contributed by atoms with Crippen LogP contribution in [0.3, 0.4) is 0 Å². The van der Waals surface area contributed by atoms with Gasteiger partial charge in [-0.25, -0.2) is 4.79 Å². The van der Waals surface area contributed by atoms with Gasteiger partial charge in [0.1, 0.15) is 0 Å². The molecule has 17 heavy (non-hydrogen) atoms. The van der Waals surface area contributed by atoms with Crippen molar-refractivity contribution in [2.45, 2.75) is 38.5 Å². The van der Waals surface area contributed by atoms with Crippen LogP contribution in [0.1, 0.15) is 49.2 Å². The van der Waals surface area contributed by atoms with Gasteiger partial charge in [-0.15, -0.1) is 0 Å². The van der Waals surface area contributed by atoms with E-state index in [1.165, 1.54) is 0 Å². The number of fused-ring (bicyclic) bond motifs is 1. The van der Waals surface area contributed by atoms with E-state index in [0.717, 1.165) is 11.1 Å². The number of carboxylic acid groups (broad SMARTS) is 1. The molecule has 0 saturated carbocycles. The highest BCUT2D eigenvalue weighted by molar-refractivity contribution is 6.03. The second kappa shape index (κ2) is 3.19. The molecule has 3 nitrogen and oxygen atoms in total. The van der Waals surface area contributed by atoms with Crippen molar-refractivity contribution in [2.24, 2.45) is 0 Å². The molecule has 0 fully saturated rings. The van der Waals surface area contributed by atoms with Gasteiger partial charge in [-0.3, -0.25) is 4.79 Å². The quantitative estimate of drug-likeness (QED) is 0.809. The van der Waals surface area contributed by atoms with Gasteiger partial charge in [-0.1, -0.05) is 6.07 Å². The number of hydrogen-bond donors (Lipinski definition) is 1. The highest BCUT2D eigenvalue weighted by atomic mass is 16.4. The maximum atomic E-state index is 12.3. The first-order chi connectivity index (χ1) is 7.69. The Balaban J connectivity index is 2.73. The first-order valence-corrected chi connectivity index (χ1v) is 5.62. The first kappa shape index (κ1) is 11.8. The van der Waals surface area contributed by atoms with Crippen LogP contribution in [-0.4, -0.2) is 16.9 Å². The van der Waals surface area contributed by atoms with Crippen molar-refractivity contribution in [2.75, 3.05) is 0 Å². The maximum Gasteiger partial charge on any atom is 0.335 e. The summed E-state index contributed by atoms with van der Waals surface area (Å²) < 4.78 is 0. The molecule has 1 aromatic rings. The van der Waals surface area contributed by atoms with Crippen LogP contribution < -0.4 is 0 Å². The summed E-state index contributed by atoms with van der Waals surface area (Å²) in [4.78, 5) is 23.3. The van der Waals surface area contributed by atoms with E-state index in [9.17, 15) is 9.59 Å². The van der Waals surface area contributed by atoms with Gasteiger partial charge in [0.15, 0.2) is 5.78 Å². The monoisotopic (exact) mass is 232 g/mol. The molecule has 90 valence electrons. The maximum absolute atomic E-state index is 12.3. The number of hydrogen-bond acceptors (Lipinski definition) is 2. The lowest BCUT2D eigenvalue weighted by Crippen LogP contribution is -2.33. The standard InChI is InChI=1S/C14H16O3/c1-13(2)9-6-5-8(11(15)16)7-10(9)14(3,4)12(13)17/h5-7H,1-4H3,(H,15,16). The van der Waals surface area contributed by atoms with Crippen LogP contribution in [0.4, 0.5) is 0 Å². The lowest BCUT2D eigenvalue weighted by atomic mass is 9.80. The SMILES string of the molecule is CC1(C)C(=O)C(C)(C)c2cc(C(=O)O)ccc21. The Morgan fingerprint density at radius 1 is 1.06 bits per heavy atom. The Hall–Kier alpha value is -1.64. The smallest absolute Gasteiger partial charge is 0.335 e. The minimum atomic E-state index is -0.958. The number of Topliss-reactive ketones (excluding diaryl/α,β-unsaturated/α-hetero) is 1. The number of benzene rings is 1. The Morgan fingerprint density at radius 3 is 2.12 bits per heavy atom. The topological polar surface area (TPSA) is 54.4 Å². The van der Waals surface area contributed by atoms with Crippen LogP contribution in [-0.2, 0) is 15.6 Å². The van der Waals surface area contributed by atoms with Crippen LogP contribution >= 0.6 is 0 Å². The van der Waals surface area contributed by atoms with Crippen molar-refractivity contribution in [3.8, 4) is 0 Å². The van der Waals surface area contributed by atoms with E-state index in [2.05, 4.69) is 0 Å². The molecular formula is C14H16O3. The average molecular weight is 232 g/mol. The molecule has 0 aliphatic heterocycles. The van der Waals surface area contributed by atoms with Gasteiger partial charge in [0, 0.05) is 10.8 Å². The second-order valence-corrected chi connectivity index (χ2v) is 5.64. The molecule has 1 aliphatic rings. The number of carbonyl (C=O) groups excluding carboxylic acids is 1. The van der Waals surface area contributed by atoms with E-state index in [1.807, 2.05) is 27.7 Å². The molecule has 0 bridgehead atoms. The summed E-state index contributed by atoms with van der Waals surface area (Å²) in [6.45, 7) is 7.50. The lowest BCUT2D eigenvalue weighted by molar-refractivity contribution is -0.126. The molecule has 0 amide bonds. The third kappa shape index (κ3) is 1.42. The zero-order valence-corrected chi connectivity index (χ0v) is 10.5. The van der Waals surface area contributed by atoms with Gasteiger partial charge in [-0.2, -0.15) is 0 Å². The normalized spacial score (nSPS) is 20.1. The van der Waals surface area contributed by atoms with Crippen molar-refractivity contribution in [1.82, 2.24) is 0 Å². The van der Waals surface area contributed by atoms with Crippen molar-refractivity contribution >= 4 is 11.8 Å². The summed E-state index contributed by atoms with van der Waals surface area (Å²) >= 11 is 0. The number of carbonyl (C=O) groups is 2. The van der Waals surface area contributed by atoms with Crippen LogP contribution in [0, 0.1) is 0 Å². The average Bonchev–Trinajstić information content (AvgIpc) is 2.38. The molecule has 0 unspecified atom stereocenters. The summed E-state index contributed by atoms with van der Waals surface area (Å²) in [5, 5.41) is 9.00. The molecule has 0 radical (unpaired) electrons. The van der Waals surface area contributed by atoms with E-state index in [4.69, 9.17) is 5.11 Å². The van der Waals surface area contributed by atoms with E-state index >= 15 is 0 Å². The minimum Gasteiger partial charge on any atom is -0.478 e. The van der Waals surface area contributed by atoms with E-state index in [0.29, 0.717) is 0 Å². The highest BCUT2D eigenvalue weighted by Gasteiger charge is 2.50. The third-order valence-corrected chi connectivity index (χ3v) is 3.75. The summed E-state index contributed by atoms with van der Waals surface area (Å²) in [6, 6.07) is 4.97. The Labute approximate surface area is 100 Å². The van der Waals surface area contributed by atoms with Crippen LogP contribution in [0.5, 0.6) is 0 Å². The predicted octanol–water partition coefficient (Wildman–Crippen LogP) is 2.52. The van der Waals surface area contributed by atoms with Gasteiger partial charge >= 0.3 is 5.97 Å². The van der Waals surface area contributed by atoms with Crippen molar-refractivity contribution in [3.63, 3.8) is 0 Å². The Kier molecular flexibility index (Phi) is 2.22. The molecule has 0 spiro atoms. The van der Waals surface area contributed by atoms with Gasteiger partial charge in [0.2, 0.25) is 0 Å². The van der Waals surface area contributed by atoms with Gasteiger partial charge in [0.05, 0.1) is 5.56 Å². The lowest BCUT2D eigenvalue weighted by Gasteiger charge is -2.21. The molecule has 3 heteroatoms. The third-order valence-electron chi connectivity index (χ3n) is 3.75. The second-order valence-electron chi connectivity index (χ2n) is 5.64. The van der Waals surface area contributed by atoms with Crippen molar-refractivity contribution < 1.29 is 14.7 Å². The summed E-state index contributed by atoms with van der Waals surface area (Å²) in [7, 11) is 0. The molecule has 1 aromatic carbocycles. The molecule has 0 saturated heterocycles. The predicted molar refractivity (Wildman–Crippen MR) is 64.5 cm³/mol. The number of ketones is 1. The van der Waals surface area contributed by atoms with Crippen molar-refractivity contribution in [3.05, 3.63) is 34.9 Å². The van der Waals surface area contributed by atoms with E-state index in [1.54, 1.807) is 18.2 Å². The molecule has 1 aliphatic carbocycles. The van der Waals surface area contributed by atoms with Crippen molar-refractivity contribution in [1.29, 1.82) is 0 Å². The van der Waals surface area contributed by atoms with Crippen LogP contribution in [0.25, 0.3) is 0 Å². The zero-order valence-electron chi connectivity index (χ0n) is 10.5. The molecule has 0 atom stereocenters. The Morgan fingerprint density at radius 2 is 1.59 bits per heavy atom. The molecule has 1 N–H and O–H groups in total. The molecule has 0 aromatic heterocycles. The summed E-state index contributed by atoms with van der Waals surface area (Å²) in [5.74, 6) is -0.816. The van der Waals surface area contributed by atoms with E-state index < -0.39 is 16.8 Å². The minimum absolute atomic E-state index is 0.141. The fourth-order valence-electron chi connectivity index (χ4n) is 2.77. The number of rotatable bonds is 1. The molecular weight excluding hydrogens is 216 g/mol. The first-order valence-electron chi connectivity index (χ1n) is 5.62. The summed E-state index contributed by atoms with van der Waals surface area (Å²) in [6.07, 6.45) is 0. The van der Waals surface area contributed by atoms with Gasteiger partial charge in [-0.05, 0) is 51.0 Å². The number of aromatic carboxylic acids is 1. The number of carboxylic acids is 1. The van der Waals surface area contributed by atoms with Crippen LogP contribution in [0.15, 0.2) is 18.2 Å². The fraction of sp³-hybridized carbons (Fsp3) is 0.429. The molecule has 2 rings (SSSR count). The largest absolute Gasteiger partial charge is 0.478 e. The van der Waals surface area contributed by atoms with Gasteiger partial charge < -0.3 is 5.11 Å². The van der Waals surface area contributed by atoms with Crippen LogP contribution in [0.2, 0.25) is 0 Å². The van der Waals surface area contributed by atoms with E-state index in [-0.39, 0.29) is 11.3 Å². The van der Waals surface area contributed by atoms with Gasteiger partial charge in [0.25, 0.3) is 0 Å². The summed E-state index contributed by atoms with van der Waals surface area (Å²) in [5.41, 5.74) is 0.882. The zero-order chi connectivity index (χ0) is 13.0.